The minimum atomic E-state index is -0.376. The number of carbonyl (C=O) groups excluding carboxylic acids is 1. The average Bonchev–Trinajstić information content (AvgIpc) is 2.81. The molecule has 4 nitrogen and oxygen atoms in total. The van der Waals surface area contributed by atoms with E-state index in [1.807, 2.05) is 58.6 Å². The fourth-order valence-corrected chi connectivity index (χ4v) is 3.06. The van der Waals surface area contributed by atoms with Gasteiger partial charge in [0, 0.05) is 11.7 Å². The van der Waals surface area contributed by atoms with Crippen molar-refractivity contribution in [2.45, 2.75) is 65.2 Å². The summed E-state index contributed by atoms with van der Waals surface area (Å²) in [5, 5.41) is 0. The van der Waals surface area contributed by atoms with Crippen molar-refractivity contribution in [1.29, 1.82) is 0 Å². The van der Waals surface area contributed by atoms with Gasteiger partial charge in [0.25, 0.3) is 0 Å². The largest absolute Gasteiger partial charge is 0.494 e. The summed E-state index contributed by atoms with van der Waals surface area (Å²) in [4.78, 5) is 14.0. The molecule has 118 valence electrons. The highest BCUT2D eigenvalue weighted by atomic mass is 16.7. The maximum Gasteiger partial charge on any atom is 0.494 e. The fourth-order valence-electron chi connectivity index (χ4n) is 3.06. The lowest BCUT2D eigenvalue weighted by atomic mass is 9.78. The third-order valence-corrected chi connectivity index (χ3v) is 5.02. The van der Waals surface area contributed by atoms with E-state index in [9.17, 15) is 4.79 Å². The van der Waals surface area contributed by atoms with Gasteiger partial charge in [0.05, 0.1) is 17.6 Å². The van der Waals surface area contributed by atoms with E-state index < -0.39 is 0 Å². The van der Waals surface area contributed by atoms with E-state index in [2.05, 4.69) is 6.07 Å². The average molecular weight is 301 g/mol. The molecule has 2 aliphatic heterocycles. The van der Waals surface area contributed by atoms with Crippen LogP contribution < -0.4 is 10.4 Å². The molecule has 0 atom stereocenters. The van der Waals surface area contributed by atoms with Crippen molar-refractivity contribution in [2.24, 2.45) is 0 Å². The molecule has 5 heteroatoms. The number of hydrogen-bond acceptors (Lipinski definition) is 3. The van der Waals surface area contributed by atoms with Gasteiger partial charge in [-0.05, 0) is 58.6 Å². The lowest BCUT2D eigenvalue weighted by molar-refractivity contribution is -0.117. The first-order valence-corrected chi connectivity index (χ1v) is 7.93. The van der Waals surface area contributed by atoms with Gasteiger partial charge >= 0.3 is 7.12 Å². The maximum absolute atomic E-state index is 12.2. The summed E-state index contributed by atoms with van der Waals surface area (Å²) < 4.78 is 12.2. The number of benzene rings is 1. The second-order valence-electron chi connectivity index (χ2n) is 7.51. The highest BCUT2D eigenvalue weighted by Gasteiger charge is 2.51. The van der Waals surface area contributed by atoms with Gasteiger partial charge < -0.3 is 14.2 Å². The molecule has 0 radical (unpaired) electrons. The molecule has 3 rings (SSSR count). The smallest absolute Gasteiger partial charge is 0.399 e. The second kappa shape index (κ2) is 4.83. The minimum absolute atomic E-state index is 0.163. The van der Waals surface area contributed by atoms with Gasteiger partial charge in [0.15, 0.2) is 0 Å². The molecule has 0 aliphatic carbocycles. The van der Waals surface area contributed by atoms with Gasteiger partial charge in [-0.25, -0.2) is 0 Å². The SMILES string of the molecule is CC(C)N1C(=O)Cc2cc(B3OC(C)(C)C(C)(C)O3)ccc21. The van der Waals surface area contributed by atoms with Crippen LogP contribution in [-0.2, 0) is 20.5 Å². The van der Waals surface area contributed by atoms with Crippen LogP contribution in [0.15, 0.2) is 18.2 Å². The number of nitrogens with zero attached hydrogens (tertiary/aromatic N) is 1. The Hall–Kier alpha value is -1.33. The first-order valence-electron chi connectivity index (χ1n) is 7.93. The topological polar surface area (TPSA) is 38.8 Å². The summed E-state index contributed by atoms with van der Waals surface area (Å²) in [7, 11) is -0.376. The molecular weight excluding hydrogens is 277 g/mol. The molecule has 0 saturated carbocycles. The molecule has 0 N–H and O–H groups in total. The molecule has 0 bridgehead atoms. The van der Waals surface area contributed by atoms with Crippen molar-refractivity contribution in [3.05, 3.63) is 23.8 Å². The molecule has 2 aliphatic rings. The zero-order chi connectivity index (χ0) is 16.3. The normalized spacial score (nSPS) is 22.6. The molecule has 1 aromatic carbocycles. The lowest BCUT2D eigenvalue weighted by Gasteiger charge is -2.32. The molecule has 0 unspecified atom stereocenters. The van der Waals surface area contributed by atoms with Crippen molar-refractivity contribution in [3.8, 4) is 0 Å². The molecule has 22 heavy (non-hydrogen) atoms. The summed E-state index contributed by atoms with van der Waals surface area (Å²) in [5.74, 6) is 0.163. The number of hydrogen-bond donors (Lipinski definition) is 0. The van der Waals surface area contributed by atoms with Gasteiger partial charge in [0.1, 0.15) is 0 Å². The Morgan fingerprint density at radius 3 is 2.27 bits per heavy atom. The van der Waals surface area contributed by atoms with Crippen LogP contribution in [0.3, 0.4) is 0 Å². The Morgan fingerprint density at radius 1 is 1.14 bits per heavy atom. The van der Waals surface area contributed by atoms with Gasteiger partial charge in [-0.2, -0.15) is 0 Å². The number of anilines is 1. The number of rotatable bonds is 2. The summed E-state index contributed by atoms with van der Waals surface area (Å²) in [5.41, 5.74) is 2.36. The Bertz CT molecular complexity index is 608. The predicted molar refractivity (Wildman–Crippen MR) is 88.5 cm³/mol. The molecule has 1 amide bonds. The Morgan fingerprint density at radius 2 is 1.73 bits per heavy atom. The van der Waals surface area contributed by atoms with Crippen molar-refractivity contribution in [1.82, 2.24) is 0 Å². The van der Waals surface area contributed by atoms with Crippen LogP contribution in [0.5, 0.6) is 0 Å². The summed E-state index contributed by atoms with van der Waals surface area (Å²) in [6.07, 6.45) is 0.459. The first kappa shape index (κ1) is 15.6. The fraction of sp³-hybridized carbons (Fsp3) is 0.588. The zero-order valence-corrected chi connectivity index (χ0v) is 14.3. The molecule has 0 aromatic heterocycles. The highest BCUT2D eigenvalue weighted by molar-refractivity contribution is 6.62. The van der Waals surface area contributed by atoms with Crippen LogP contribution in [0.1, 0.15) is 47.1 Å². The molecule has 2 heterocycles. The number of amides is 1. The minimum Gasteiger partial charge on any atom is -0.399 e. The van der Waals surface area contributed by atoms with Crippen molar-refractivity contribution in [3.63, 3.8) is 0 Å². The van der Waals surface area contributed by atoms with E-state index in [0.717, 1.165) is 16.7 Å². The van der Waals surface area contributed by atoms with E-state index in [4.69, 9.17) is 9.31 Å². The Labute approximate surface area is 132 Å². The van der Waals surface area contributed by atoms with Gasteiger partial charge in [-0.1, -0.05) is 12.1 Å². The summed E-state index contributed by atoms with van der Waals surface area (Å²) in [6.45, 7) is 12.3. The van der Waals surface area contributed by atoms with Crippen LogP contribution in [0, 0.1) is 0 Å². The number of fused-ring (bicyclic) bond motifs is 1. The first-order chi connectivity index (χ1) is 10.1. The van der Waals surface area contributed by atoms with E-state index in [0.29, 0.717) is 6.42 Å². The number of carbonyl (C=O) groups is 1. The van der Waals surface area contributed by atoms with Crippen LogP contribution in [0.2, 0.25) is 0 Å². The van der Waals surface area contributed by atoms with E-state index in [1.54, 1.807) is 0 Å². The monoisotopic (exact) mass is 301 g/mol. The molecular formula is C17H24BNO3. The van der Waals surface area contributed by atoms with E-state index in [1.165, 1.54) is 0 Å². The van der Waals surface area contributed by atoms with Crippen molar-refractivity contribution >= 4 is 24.2 Å². The predicted octanol–water partition coefficient (Wildman–Crippen LogP) is 2.28. The van der Waals surface area contributed by atoms with Crippen LogP contribution >= 0.6 is 0 Å². The van der Waals surface area contributed by atoms with Crippen LogP contribution in [0.25, 0.3) is 0 Å². The quantitative estimate of drug-likeness (QED) is 0.787. The standard InChI is InChI=1S/C17H24BNO3/c1-11(2)19-14-8-7-13(9-12(14)10-15(19)20)18-21-16(3,4)17(5,6)22-18/h7-9,11H,10H2,1-6H3. The molecule has 1 aromatic rings. The summed E-state index contributed by atoms with van der Waals surface area (Å²) in [6, 6.07) is 6.25. The third-order valence-electron chi connectivity index (χ3n) is 5.02. The lowest BCUT2D eigenvalue weighted by Crippen LogP contribution is -2.41. The Balaban J connectivity index is 1.91. The molecule has 1 fully saturated rings. The zero-order valence-electron chi connectivity index (χ0n) is 14.3. The highest BCUT2D eigenvalue weighted by Crippen LogP contribution is 2.37. The van der Waals surface area contributed by atoms with E-state index in [-0.39, 0.29) is 30.3 Å². The third kappa shape index (κ3) is 2.27. The van der Waals surface area contributed by atoms with E-state index >= 15 is 0 Å². The molecule has 1 saturated heterocycles. The second-order valence-corrected chi connectivity index (χ2v) is 7.51. The van der Waals surface area contributed by atoms with Crippen molar-refractivity contribution in [2.75, 3.05) is 4.90 Å². The summed E-state index contributed by atoms with van der Waals surface area (Å²) >= 11 is 0. The van der Waals surface area contributed by atoms with Gasteiger partial charge in [-0.3, -0.25) is 4.79 Å². The molecule has 0 spiro atoms. The van der Waals surface area contributed by atoms with Gasteiger partial charge in [0.2, 0.25) is 5.91 Å². The maximum atomic E-state index is 12.2. The van der Waals surface area contributed by atoms with Crippen LogP contribution in [0.4, 0.5) is 5.69 Å². The van der Waals surface area contributed by atoms with Crippen LogP contribution in [-0.4, -0.2) is 30.3 Å². The Kier molecular flexibility index (Phi) is 3.42. The van der Waals surface area contributed by atoms with Gasteiger partial charge in [-0.15, -0.1) is 0 Å². The van der Waals surface area contributed by atoms with Crippen molar-refractivity contribution < 1.29 is 14.1 Å².